The second kappa shape index (κ2) is 3.64. The molecule has 2 unspecified atom stereocenters. The second-order valence-corrected chi connectivity index (χ2v) is 4.20. The van der Waals surface area contributed by atoms with E-state index in [0.717, 1.165) is 13.0 Å². The highest BCUT2D eigenvalue weighted by molar-refractivity contribution is 5.74. The highest BCUT2D eigenvalue weighted by Gasteiger charge is 2.40. The minimum Gasteiger partial charge on any atom is -0.480 e. The van der Waals surface area contributed by atoms with Gasteiger partial charge in [0.2, 0.25) is 0 Å². The van der Waals surface area contributed by atoms with Crippen molar-refractivity contribution in [3.8, 4) is 0 Å². The Hall–Kier alpha value is -0.610. The summed E-state index contributed by atoms with van der Waals surface area (Å²) in [5.41, 5.74) is 5.23. The number of rotatable bonds is 3. The molecule has 2 atom stereocenters. The van der Waals surface area contributed by atoms with Gasteiger partial charge < -0.3 is 15.6 Å². The van der Waals surface area contributed by atoms with Crippen LogP contribution >= 0.6 is 0 Å². The molecule has 1 saturated heterocycles. The number of aliphatic carboxylic acids is 1. The summed E-state index contributed by atoms with van der Waals surface area (Å²) in [6, 6.07) is -0.806. The lowest BCUT2D eigenvalue weighted by molar-refractivity contribution is -0.142. The lowest BCUT2D eigenvalue weighted by Gasteiger charge is -2.33. The maximum absolute atomic E-state index is 10.7. The predicted molar refractivity (Wildman–Crippen MR) is 48.3 cm³/mol. The third-order valence-corrected chi connectivity index (χ3v) is 3.05. The molecule has 1 rings (SSSR count). The molecule has 13 heavy (non-hydrogen) atoms. The van der Waals surface area contributed by atoms with Crippen LogP contribution in [0.15, 0.2) is 0 Å². The lowest BCUT2D eigenvalue weighted by Crippen LogP contribution is -2.48. The maximum Gasteiger partial charge on any atom is 0.321 e. The van der Waals surface area contributed by atoms with Crippen molar-refractivity contribution in [1.82, 2.24) is 0 Å². The van der Waals surface area contributed by atoms with Crippen molar-refractivity contribution < 1.29 is 14.6 Å². The first-order chi connectivity index (χ1) is 5.96. The zero-order chi connectivity index (χ0) is 10.1. The van der Waals surface area contributed by atoms with Crippen LogP contribution in [0.25, 0.3) is 0 Å². The summed E-state index contributed by atoms with van der Waals surface area (Å²) in [4.78, 5) is 10.7. The fourth-order valence-electron chi connectivity index (χ4n) is 1.69. The molecule has 0 aliphatic carbocycles. The van der Waals surface area contributed by atoms with Crippen LogP contribution in [0, 0.1) is 11.3 Å². The molecular weight excluding hydrogens is 170 g/mol. The van der Waals surface area contributed by atoms with Crippen molar-refractivity contribution >= 4 is 5.97 Å². The second-order valence-electron chi connectivity index (χ2n) is 4.20. The van der Waals surface area contributed by atoms with Crippen LogP contribution in [0.1, 0.15) is 20.3 Å². The number of hydrogen-bond acceptors (Lipinski definition) is 3. The predicted octanol–water partition coefficient (Wildman–Crippen LogP) is 0.461. The highest BCUT2D eigenvalue weighted by atomic mass is 16.5. The van der Waals surface area contributed by atoms with Crippen LogP contribution in [0.3, 0.4) is 0 Å². The third-order valence-electron chi connectivity index (χ3n) is 3.05. The minimum atomic E-state index is -0.933. The van der Waals surface area contributed by atoms with Crippen LogP contribution in [-0.4, -0.2) is 30.3 Å². The van der Waals surface area contributed by atoms with E-state index in [4.69, 9.17) is 15.6 Å². The maximum atomic E-state index is 10.7. The third kappa shape index (κ3) is 2.00. The van der Waals surface area contributed by atoms with Crippen LogP contribution in [0.5, 0.6) is 0 Å². The molecule has 0 aromatic heterocycles. The molecule has 4 heteroatoms. The molecule has 1 fully saturated rings. The van der Waals surface area contributed by atoms with Crippen LogP contribution in [-0.2, 0) is 9.53 Å². The number of carboxylic acid groups (broad SMARTS) is 1. The number of ether oxygens (including phenoxy) is 1. The average molecular weight is 187 g/mol. The minimum absolute atomic E-state index is 0.263. The molecule has 0 amide bonds. The molecular formula is C9H17NO3. The molecule has 0 spiro atoms. The molecule has 4 nitrogen and oxygen atoms in total. The molecule has 76 valence electrons. The van der Waals surface area contributed by atoms with Gasteiger partial charge in [-0.3, -0.25) is 4.79 Å². The van der Waals surface area contributed by atoms with E-state index in [-0.39, 0.29) is 11.3 Å². The zero-order valence-electron chi connectivity index (χ0n) is 8.12. The Morgan fingerprint density at radius 3 is 2.69 bits per heavy atom. The Kier molecular flexibility index (Phi) is 2.93. The van der Waals surface area contributed by atoms with Crippen LogP contribution < -0.4 is 5.73 Å². The van der Waals surface area contributed by atoms with Gasteiger partial charge >= 0.3 is 5.97 Å². The molecule has 3 N–H and O–H groups in total. The molecule has 0 aromatic rings. The van der Waals surface area contributed by atoms with Gasteiger partial charge in [-0.25, -0.2) is 0 Å². The largest absolute Gasteiger partial charge is 0.480 e. The fourth-order valence-corrected chi connectivity index (χ4v) is 1.69. The molecule has 0 aromatic carbocycles. The van der Waals surface area contributed by atoms with E-state index in [2.05, 4.69) is 0 Å². The Bertz CT molecular complexity index is 197. The zero-order valence-corrected chi connectivity index (χ0v) is 8.12. The number of carboxylic acids is 1. The van der Waals surface area contributed by atoms with Gasteiger partial charge in [0, 0.05) is 6.61 Å². The Balaban J connectivity index is 2.67. The molecule has 0 bridgehead atoms. The Labute approximate surface area is 78.1 Å². The highest BCUT2D eigenvalue weighted by Crippen LogP contribution is 2.35. The average Bonchev–Trinajstić information content (AvgIpc) is 2.54. The summed E-state index contributed by atoms with van der Waals surface area (Å²) in [5.74, 6) is -0.671. The molecule has 1 aliphatic heterocycles. The summed E-state index contributed by atoms with van der Waals surface area (Å²) < 4.78 is 5.22. The van der Waals surface area contributed by atoms with Crippen LogP contribution in [0.4, 0.5) is 0 Å². The van der Waals surface area contributed by atoms with Gasteiger partial charge in [0.05, 0.1) is 6.61 Å². The summed E-state index contributed by atoms with van der Waals surface area (Å²) in [7, 11) is 0. The molecule has 1 aliphatic rings. The van der Waals surface area contributed by atoms with Crippen molar-refractivity contribution in [1.29, 1.82) is 0 Å². The number of carbonyl (C=O) groups is 1. The Morgan fingerprint density at radius 1 is 1.69 bits per heavy atom. The Morgan fingerprint density at radius 2 is 2.31 bits per heavy atom. The smallest absolute Gasteiger partial charge is 0.321 e. The van der Waals surface area contributed by atoms with E-state index in [1.54, 1.807) is 0 Å². The van der Waals surface area contributed by atoms with Crippen molar-refractivity contribution in [2.24, 2.45) is 17.1 Å². The first kappa shape index (κ1) is 10.5. The van der Waals surface area contributed by atoms with E-state index < -0.39 is 12.0 Å². The number of hydrogen-bond donors (Lipinski definition) is 2. The van der Waals surface area contributed by atoms with E-state index in [1.807, 2.05) is 13.8 Å². The summed E-state index contributed by atoms with van der Waals surface area (Å²) in [5, 5.41) is 8.81. The van der Waals surface area contributed by atoms with Gasteiger partial charge in [0.25, 0.3) is 0 Å². The van der Waals surface area contributed by atoms with Crippen molar-refractivity contribution in [2.45, 2.75) is 26.3 Å². The molecule has 0 radical (unpaired) electrons. The normalized spacial score (nSPS) is 25.9. The van der Waals surface area contributed by atoms with Crippen molar-refractivity contribution in [3.63, 3.8) is 0 Å². The number of nitrogens with two attached hydrogens (primary N) is 1. The SMILES string of the molecule is CC(C)(C1CCOC1)C(N)C(=O)O. The van der Waals surface area contributed by atoms with E-state index in [0.29, 0.717) is 6.61 Å². The first-order valence-electron chi connectivity index (χ1n) is 4.52. The molecule has 0 saturated carbocycles. The topological polar surface area (TPSA) is 72.5 Å². The summed E-state index contributed by atoms with van der Waals surface area (Å²) >= 11 is 0. The van der Waals surface area contributed by atoms with Gasteiger partial charge in [-0.15, -0.1) is 0 Å². The quantitative estimate of drug-likeness (QED) is 0.673. The van der Waals surface area contributed by atoms with Gasteiger partial charge in [0.15, 0.2) is 0 Å². The lowest BCUT2D eigenvalue weighted by atomic mass is 9.73. The van der Waals surface area contributed by atoms with Gasteiger partial charge in [0.1, 0.15) is 6.04 Å². The monoisotopic (exact) mass is 187 g/mol. The standard InChI is InChI=1S/C9H17NO3/c1-9(2,7(10)8(11)12)6-3-4-13-5-6/h6-7H,3-5,10H2,1-2H3,(H,11,12). The van der Waals surface area contributed by atoms with Gasteiger partial charge in [-0.05, 0) is 17.8 Å². The van der Waals surface area contributed by atoms with E-state index >= 15 is 0 Å². The summed E-state index contributed by atoms with van der Waals surface area (Å²) in [6.45, 7) is 5.14. The van der Waals surface area contributed by atoms with Crippen LogP contribution in [0.2, 0.25) is 0 Å². The summed E-state index contributed by atoms with van der Waals surface area (Å²) in [6.07, 6.45) is 0.911. The van der Waals surface area contributed by atoms with E-state index in [1.165, 1.54) is 0 Å². The van der Waals surface area contributed by atoms with Crippen molar-refractivity contribution in [3.05, 3.63) is 0 Å². The van der Waals surface area contributed by atoms with E-state index in [9.17, 15) is 4.79 Å². The van der Waals surface area contributed by atoms with Gasteiger partial charge in [-0.1, -0.05) is 13.8 Å². The first-order valence-corrected chi connectivity index (χ1v) is 4.52. The van der Waals surface area contributed by atoms with Crippen molar-refractivity contribution in [2.75, 3.05) is 13.2 Å². The molecule has 1 heterocycles. The van der Waals surface area contributed by atoms with Gasteiger partial charge in [-0.2, -0.15) is 0 Å². The fraction of sp³-hybridized carbons (Fsp3) is 0.889.